The van der Waals surface area contributed by atoms with Crippen LogP contribution in [0.3, 0.4) is 0 Å². The molecule has 0 aliphatic heterocycles. The molecule has 0 aliphatic rings. The van der Waals surface area contributed by atoms with Gasteiger partial charge < -0.3 is 14.8 Å². The van der Waals surface area contributed by atoms with Crippen LogP contribution in [0.25, 0.3) is 22.0 Å². The first-order valence-corrected chi connectivity index (χ1v) is 12.7. The van der Waals surface area contributed by atoms with Crippen LogP contribution in [-0.4, -0.2) is 61.0 Å². The Hall–Kier alpha value is -3.99. The van der Waals surface area contributed by atoms with Gasteiger partial charge in [-0.05, 0) is 66.5 Å². The van der Waals surface area contributed by atoms with E-state index < -0.39 is 24.0 Å². The van der Waals surface area contributed by atoms with E-state index in [0.29, 0.717) is 26.6 Å². The molecule has 11 heteroatoms. The van der Waals surface area contributed by atoms with Gasteiger partial charge in [0.1, 0.15) is 18.8 Å². The summed E-state index contributed by atoms with van der Waals surface area (Å²) in [5.41, 5.74) is 3.25. The third-order valence-electron chi connectivity index (χ3n) is 6.07. The van der Waals surface area contributed by atoms with Crippen LogP contribution in [0, 0.1) is 0 Å². The number of fused-ring (bicyclic) bond motifs is 1. The van der Waals surface area contributed by atoms with Gasteiger partial charge in [0, 0.05) is 38.9 Å². The molecule has 0 spiro atoms. The minimum absolute atomic E-state index is 0.157. The van der Waals surface area contributed by atoms with E-state index in [1.165, 1.54) is 24.9 Å². The molecule has 38 heavy (non-hydrogen) atoms. The number of alkyl halides is 1. The lowest BCUT2D eigenvalue weighted by molar-refractivity contribution is -0.139. The summed E-state index contributed by atoms with van der Waals surface area (Å²) < 4.78 is 16.5. The Morgan fingerprint density at radius 1 is 1.08 bits per heavy atom. The van der Waals surface area contributed by atoms with Crippen molar-refractivity contribution in [2.45, 2.75) is 39.5 Å². The maximum atomic E-state index is 14.1. The summed E-state index contributed by atoms with van der Waals surface area (Å²) in [6.45, 7) is 3.90. The summed E-state index contributed by atoms with van der Waals surface area (Å²) in [4.78, 5) is 44.1. The minimum Gasteiger partial charge on any atom is -0.337 e. The summed E-state index contributed by atoms with van der Waals surface area (Å²) >= 11 is 3.30. The van der Waals surface area contributed by atoms with Crippen LogP contribution in [0.5, 0.6) is 0 Å². The minimum atomic E-state index is -1.35. The SMILES string of the molecule is CC(=O)c1cn(CC(=O)N(C[C@@H](C)F)[C@@H](C)C(=O)Nc2cncc(Br)c2)c2ccc(-c3ccnnc3)cc12. The van der Waals surface area contributed by atoms with Crippen molar-refractivity contribution in [1.82, 2.24) is 24.6 Å². The van der Waals surface area contributed by atoms with Gasteiger partial charge in [0.2, 0.25) is 11.8 Å². The standard InChI is InChI=1S/C27H26BrFN6O3/c1-16(29)13-35(17(2)27(38)33-22-9-21(28)11-30-12-22)26(37)15-34-14-24(18(3)36)23-8-19(4-5-25(23)34)20-6-7-31-32-10-20/h4-12,14,16-17H,13,15H2,1-3H3,(H,33,38)/t16-,17+/m1/s1. The van der Waals surface area contributed by atoms with Crippen molar-refractivity contribution in [2.24, 2.45) is 0 Å². The molecule has 0 radical (unpaired) electrons. The van der Waals surface area contributed by atoms with Gasteiger partial charge in [0.25, 0.3) is 0 Å². The molecule has 4 rings (SSSR count). The van der Waals surface area contributed by atoms with Crippen molar-refractivity contribution in [3.05, 3.63) is 71.4 Å². The Labute approximate surface area is 227 Å². The van der Waals surface area contributed by atoms with Gasteiger partial charge >= 0.3 is 0 Å². The van der Waals surface area contributed by atoms with E-state index in [1.807, 2.05) is 24.3 Å². The van der Waals surface area contributed by atoms with Crippen molar-refractivity contribution in [3.63, 3.8) is 0 Å². The molecule has 3 heterocycles. The zero-order valence-electron chi connectivity index (χ0n) is 21.1. The number of aromatic nitrogens is 4. The van der Waals surface area contributed by atoms with Crippen LogP contribution < -0.4 is 5.32 Å². The van der Waals surface area contributed by atoms with Crippen LogP contribution in [0.2, 0.25) is 0 Å². The fourth-order valence-electron chi connectivity index (χ4n) is 4.20. The van der Waals surface area contributed by atoms with Crippen molar-refractivity contribution in [3.8, 4) is 11.1 Å². The number of rotatable bonds is 9. The highest BCUT2D eigenvalue weighted by molar-refractivity contribution is 9.10. The lowest BCUT2D eigenvalue weighted by atomic mass is 10.0. The van der Waals surface area contributed by atoms with Gasteiger partial charge in [0.05, 0.1) is 30.8 Å². The molecule has 0 fully saturated rings. The zero-order chi connectivity index (χ0) is 27.4. The zero-order valence-corrected chi connectivity index (χ0v) is 22.6. The number of ketones is 1. The maximum Gasteiger partial charge on any atom is 0.246 e. The highest BCUT2D eigenvalue weighted by Crippen LogP contribution is 2.28. The number of benzene rings is 1. The van der Waals surface area contributed by atoms with Gasteiger partial charge in [-0.15, -0.1) is 0 Å². The molecule has 0 unspecified atom stereocenters. The van der Waals surface area contributed by atoms with E-state index in [9.17, 15) is 18.8 Å². The lowest BCUT2D eigenvalue weighted by Crippen LogP contribution is -2.48. The molecule has 1 aromatic carbocycles. The number of hydrogen-bond acceptors (Lipinski definition) is 6. The number of anilines is 1. The van der Waals surface area contributed by atoms with Crippen LogP contribution in [-0.2, 0) is 16.1 Å². The van der Waals surface area contributed by atoms with E-state index in [2.05, 4.69) is 36.4 Å². The number of hydrogen-bond donors (Lipinski definition) is 1. The molecule has 1 N–H and O–H groups in total. The second-order valence-electron chi connectivity index (χ2n) is 8.97. The number of Topliss-reactive ketones (excluding diaryl/α,β-unsaturated/α-hetero) is 1. The molecule has 0 saturated carbocycles. The van der Waals surface area contributed by atoms with Crippen molar-refractivity contribution in [1.29, 1.82) is 0 Å². The van der Waals surface area contributed by atoms with Crippen LogP contribution >= 0.6 is 15.9 Å². The summed E-state index contributed by atoms with van der Waals surface area (Å²) in [6, 6.07) is 8.09. The quantitative estimate of drug-likeness (QED) is 0.288. The number of nitrogens with zero attached hydrogens (tertiary/aromatic N) is 5. The fourth-order valence-corrected chi connectivity index (χ4v) is 4.57. The molecule has 3 aromatic heterocycles. The molecule has 2 atom stereocenters. The average Bonchev–Trinajstić information content (AvgIpc) is 3.25. The number of halogens is 2. The van der Waals surface area contributed by atoms with Gasteiger partial charge in [0.15, 0.2) is 5.78 Å². The molecule has 4 aromatic rings. The van der Waals surface area contributed by atoms with Crippen molar-refractivity contribution in [2.75, 3.05) is 11.9 Å². The third-order valence-corrected chi connectivity index (χ3v) is 6.51. The van der Waals surface area contributed by atoms with Gasteiger partial charge in [-0.2, -0.15) is 10.2 Å². The van der Waals surface area contributed by atoms with Crippen molar-refractivity contribution >= 4 is 50.1 Å². The monoisotopic (exact) mass is 580 g/mol. The smallest absolute Gasteiger partial charge is 0.246 e. The Morgan fingerprint density at radius 3 is 2.53 bits per heavy atom. The number of carbonyl (C=O) groups excluding carboxylic acids is 3. The fraction of sp³-hybridized carbons (Fsp3) is 0.259. The number of pyridine rings is 1. The van der Waals surface area contributed by atoms with Crippen LogP contribution in [0.15, 0.2) is 65.8 Å². The van der Waals surface area contributed by atoms with E-state index in [0.717, 1.165) is 11.1 Å². The van der Waals surface area contributed by atoms with Gasteiger partial charge in [-0.3, -0.25) is 19.4 Å². The van der Waals surface area contributed by atoms with Crippen molar-refractivity contribution < 1.29 is 18.8 Å². The summed E-state index contributed by atoms with van der Waals surface area (Å²) in [6.07, 6.45) is 6.53. The van der Waals surface area contributed by atoms with Gasteiger partial charge in [-0.25, -0.2) is 4.39 Å². The first kappa shape index (κ1) is 27.1. The molecule has 0 bridgehead atoms. The average molecular weight is 581 g/mol. The van der Waals surface area contributed by atoms with Gasteiger partial charge in [-0.1, -0.05) is 6.07 Å². The molecule has 0 saturated heterocycles. The Balaban J connectivity index is 1.62. The van der Waals surface area contributed by atoms with Crippen LogP contribution in [0.4, 0.5) is 10.1 Å². The molecular formula is C27H26BrFN6O3. The first-order chi connectivity index (χ1) is 18.1. The summed E-state index contributed by atoms with van der Waals surface area (Å²) in [7, 11) is 0. The molecular weight excluding hydrogens is 555 g/mol. The highest BCUT2D eigenvalue weighted by atomic mass is 79.9. The number of carbonyl (C=O) groups is 3. The Bertz CT molecular complexity index is 1490. The van der Waals surface area contributed by atoms with E-state index >= 15 is 0 Å². The Morgan fingerprint density at radius 2 is 1.87 bits per heavy atom. The Kier molecular flexibility index (Phi) is 8.26. The predicted molar refractivity (Wildman–Crippen MR) is 145 cm³/mol. The lowest BCUT2D eigenvalue weighted by Gasteiger charge is -2.29. The normalized spacial score (nSPS) is 12.7. The molecule has 2 amide bonds. The maximum absolute atomic E-state index is 14.1. The number of amides is 2. The topological polar surface area (TPSA) is 110 Å². The van der Waals surface area contributed by atoms with E-state index in [-0.39, 0.29) is 18.9 Å². The predicted octanol–water partition coefficient (Wildman–Crippen LogP) is 4.67. The summed E-state index contributed by atoms with van der Waals surface area (Å²) in [5.74, 6) is -1.09. The largest absolute Gasteiger partial charge is 0.337 e. The summed E-state index contributed by atoms with van der Waals surface area (Å²) in [5, 5.41) is 11.1. The third kappa shape index (κ3) is 6.10. The second-order valence-corrected chi connectivity index (χ2v) is 9.89. The number of nitrogens with one attached hydrogen (secondary N) is 1. The molecule has 0 aliphatic carbocycles. The first-order valence-electron chi connectivity index (χ1n) is 11.9. The second kappa shape index (κ2) is 11.6. The molecule has 9 nitrogen and oxygen atoms in total. The highest BCUT2D eigenvalue weighted by Gasteiger charge is 2.28. The van der Waals surface area contributed by atoms with E-state index in [4.69, 9.17) is 0 Å². The van der Waals surface area contributed by atoms with E-state index in [1.54, 1.807) is 42.3 Å². The van der Waals surface area contributed by atoms with Crippen LogP contribution in [0.1, 0.15) is 31.1 Å². The molecule has 196 valence electrons.